The SMILES string of the molecule is O=C(Nc1ccccc1)N[C@@H]1CCCC[C@H]1N[C@H]1CCCN(c2ccc([N+](=O)[O-])cc2)CC1. The molecule has 0 bridgehead atoms. The number of nitro groups is 1. The summed E-state index contributed by atoms with van der Waals surface area (Å²) in [6.45, 7) is 1.86. The molecule has 0 spiro atoms. The van der Waals surface area contributed by atoms with Gasteiger partial charge in [0.15, 0.2) is 0 Å². The summed E-state index contributed by atoms with van der Waals surface area (Å²) in [6.07, 6.45) is 7.53. The molecular weight excluding hydrogens is 418 g/mol. The molecule has 1 aliphatic carbocycles. The van der Waals surface area contributed by atoms with Gasteiger partial charge in [0.2, 0.25) is 0 Å². The lowest BCUT2D eigenvalue weighted by Crippen LogP contribution is -2.55. The highest BCUT2D eigenvalue weighted by atomic mass is 16.6. The fourth-order valence-electron chi connectivity index (χ4n) is 4.97. The first-order valence-electron chi connectivity index (χ1n) is 12.0. The number of carbonyl (C=O) groups excluding carboxylic acids is 1. The summed E-state index contributed by atoms with van der Waals surface area (Å²) in [4.78, 5) is 25.4. The van der Waals surface area contributed by atoms with Crippen molar-refractivity contribution < 1.29 is 9.72 Å². The van der Waals surface area contributed by atoms with E-state index in [1.54, 1.807) is 12.1 Å². The van der Waals surface area contributed by atoms with Crippen molar-refractivity contribution in [1.82, 2.24) is 10.6 Å². The molecule has 176 valence electrons. The zero-order valence-corrected chi connectivity index (χ0v) is 18.9. The Balaban J connectivity index is 1.30. The van der Waals surface area contributed by atoms with Crippen LogP contribution in [0.5, 0.6) is 0 Å². The van der Waals surface area contributed by atoms with Gasteiger partial charge in [-0.05, 0) is 56.4 Å². The van der Waals surface area contributed by atoms with Crippen LogP contribution in [0.2, 0.25) is 0 Å². The molecule has 3 N–H and O–H groups in total. The molecule has 2 fully saturated rings. The number of carbonyl (C=O) groups is 1. The van der Waals surface area contributed by atoms with Crippen LogP contribution < -0.4 is 20.9 Å². The van der Waals surface area contributed by atoms with Crippen molar-refractivity contribution in [2.45, 2.75) is 63.1 Å². The third kappa shape index (κ3) is 6.44. The summed E-state index contributed by atoms with van der Waals surface area (Å²) in [5.74, 6) is 0. The topological polar surface area (TPSA) is 99.5 Å². The van der Waals surface area contributed by atoms with E-state index in [1.165, 1.54) is 6.42 Å². The summed E-state index contributed by atoms with van der Waals surface area (Å²) >= 11 is 0. The average molecular weight is 452 g/mol. The van der Waals surface area contributed by atoms with Gasteiger partial charge in [-0.1, -0.05) is 31.0 Å². The van der Waals surface area contributed by atoms with Crippen molar-refractivity contribution >= 4 is 23.1 Å². The van der Waals surface area contributed by atoms with Crippen LogP contribution in [-0.4, -0.2) is 42.2 Å². The highest BCUT2D eigenvalue weighted by Gasteiger charge is 2.29. The van der Waals surface area contributed by atoms with Gasteiger partial charge in [-0.15, -0.1) is 0 Å². The van der Waals surface area contributed by atoms with E-state index >= 15 is 0 Å². The van der Waals surface area contributed by atoms with E-state index in [1.807, 2.05) is 42.5 Å². The van der Waals surface area contributed by atoms with Crippen molar-refractivity contribution in [2.75, 3.05) is 23.3 Å². The van der Waals surface area contributed by atoms with E-state index in [9.17, 15) is 14.9 Å². The molecule has 2 aromatic carbocycles. The molecule has 2 aliphatic rings. The number of rotatable bonds is 6. The van der Waals surface area contributed by atoms with Crippen molar-refractivity contribution in [3.05, 3.63) is 64.7 Å². The van der Waals surface area contributed by atoms with E-state index < -0.39 is 0 Å². The molecule has 0 unspecified atom stereocenters. The Kier molecular flexibility index (Phi) is 7.78. The summed E-state index contributed by atoms with van der Waals surface area (Å²) in [5, 5.41) is 20.9. The van der Waals surface area contributed by atoms with Crippen LogP contribution in [-0.2, 0) is 0 Å². The first-order valence-corrected chi connectivity index (χ1v) is 12.0. The number of non-ortho nitro benzene ring substituents is 1. The maximum Gasteiger partial charge on any atom is 0.319 e. The van der Waals surface area contributed by atoms with Crippen LogP contribution in [0.15, 0.2) is 54.6 Å². The van der Waals surface area contributed by atoms with Gasteiger partial charge in [0.1, 0.15) is 0 Å². The Morgan fingerprint density at radius 2 is 1.61 bits per heavy atom. The van der Waals surface area contributed by atoms with Gasteiger partial charge in [0, 0.05) is 54.7 Å². The number of hydrogen-bond acceptors (Lipinski definition) is 5. The van der Waals surface area contributed by atoms with Gasteiger partial charge < -0.3 is 20.9 Å². The summed E-state index contributed by atoms with van der Waals surface area (Å²) in [6, 6.07) is 17.0. The minimum atomic E-state index is -0.360. The van der Waals surface area contributed by atoms with E-state index in [-0.39, 0.29) is 28.7 Å². The van der Waals surface area contributed by atoms with Gasteiger partial charge in [-0.25, -0.2) is 4.79 Å². The first-order chi connectivity index (χ1) is 16.1. The van der Waals surface area contributed by atoms with Crippen LogP contribution in [0.3, 0.4) is 0 Å². The number of para-hydroxylation sites is 1. The Morgan fingerprint density at radius 3 is 2.33 bits per heavy atom. The maximum atomic E-state index is 12.5. The Bertz CT molecular complexity index is 921. The Labute approximate surface area is 194 Å². The van der Waals surface area contributed by atoms with Crippen LogP contribution in [0.4, 0.5) is 21.9 Å². The molecule has 8 nitrogen and oxygen atoms in total. The molecule has 4 rings (SSSR count). The van der Waals surface area contributed by atoms with Crippen LogP contribution >= 0.6 is 0 Å². The monoisotopic (exact) mass is 451 g/mol. The third-order valence-electron chi connectivity index (χ3n) is 6.72. The predicted molar refractivity (Wildman–Crippen MR) is 131 cm³/mol. The Hall–Kier alpha value is -3.13. The fraction of sp³-hybridized carbons (Fsp3) is 0.480. The maximum absolute atomic E-state index is 12.5. The standard InChI is InChI=1S/C25H33N5O3/c31-25(27-19-7-2-1-3-8-19)28-24-11-5-4-10-23(24)26-20-9-6-17-29(18-16-20)21-12-14-22(15-13-21)30(32)33/h1-3,7-8,12-15,20,23-24,26H,4-6,9-11,16-18H2,(H2,27,28,31)/t20-,23+,24+/m0/s1. The quantitative estimate of drug-likeness (QED) is 0.438. The van der Waals surface area contributed by atoms with Gasteiger partial charge in [0.25, 0.3) is 5.69 Å². The number of benzene rings is 2. The van der Waals surface area contributed by atoms with Gasteiger partial charge in [-0.2, -0.15) is 0 Å². The van der Waals surface area contributed by atoms with E-state index in [4.69, 9.17) is 0 Å². The van der Waals surface area contributed by atoms with Crippen LogP contribution in [0.1, 0.15) is 44.9 Å². The predicted octanol–water partition coefficient (Wildman–Crippen LogP) is 4.68. The number of urea groups is 1. The molecule has 2 aromatic rings. The molecular formula is C25H33N5O3. The van der Waals surface area contributed by atoms with Crippen molar-refractivity contribution in [2.24, 2.45) is 0 Å². The molecule has 8 heteroatoms. The first kappa shape index (κ1) is 23.0. The summed E-state index contributed by atoms with van der Waals surface area (Å²) in [5.41, 5.74) is 1.96. The lowest BCUT2D eigenvalue weighted by Gasteiger charge is -2.35. The Morgan fingerprint density at radius 1 is 0.879 bits per heavy atom. The summed E-state index contributed by atoms with van der Waals surface area (Å²) in [7, 11) is 0. The minimum Gasteiger partial charge on any atom is -0.371 e. The molecule has 33 heavy (non-hydrogen) atoms. The normalized spacial score (nSPS) is 23.4. The fourth-order valence-corrected chi connectivity index (χ4v) is 4.97. The third-order valence-corrected chi connectivity index (χ3v) is 6.72. The highest BCUT2D eigenvalue weighted by molar-refractivity contribution is 5.89. The molecule has 3 atom stereocenters. The number of amides is 2. The molecule has 1 aliphatic heterocycles. The molecule has 1 saturated heterocycles. The lowest BCUT2D eigenvalue weighted by molar-refractivity contribution is -0.384. The highest BCUT2D eigenvalue weighted by Crippen LogP contribution is 2.25. The summed E-state index contributed by atoms with van der Waals surface area (Å²) < 4.78 is 0. The van der Waals surface area contributed by atoms with Crippen molar-refractivity contribution in [3.8, 4) is 0 Å². The zero-order valence-electron chi connectivity index (χ0n) is 18.9. The number of anilines is 2. The van der Waals surface area contributed by atoms with Crippen molar-refractivity contribution in [3.63, 3.8) is 0 Å². The number of nitrogens with one attached hydrogen (secondary N) is 3. The molecule has 1 saturated carbocycles. The molecule has 1 heterocycles. The van der Waals surface area contributed by atoms with E-state index in [0.717, 1.165) is 63.0 Å². The number of nitro benzene ring substituents is 1. The zero-order chi connectivity index (χ0) is 23.0. The number of nitrogens with zero attached hydrogens (tertiary/aromatic N) is 2. The second-order valence-corrected chi connectivity index (χ2v) is 9.02. The minimum absolute atomic E-state index is 0.122. The van der Waals surface area contributed by atoms with E-state index in [2.05, 4.69) is 20.9 Å². The lowest BCUT2D eigenvalue weighted by atomic mass is 9.89. The molecule has 2 amide bonds. The second kappa shape index (κ2) is 11.1. The van der Waals surface area contributed by atoms with Gasteiger partial charge in [0.05, 0.1) is 4.92 Å². The van der Waals surface area contributed by atoms with Crippen LogP contribution in [0.25, 0.3) is 0 Å². The van der Waals surface area contributed by atoms with E-state index in [0.29, 0.717) is 6.04 Å². The van der Waals surface area contributed by atoms with Crippen LogP contribution in [0, 0.1) is 10.1 Å². The average Bonchev–Trinajstić information content (AvgIpc) is 3.06. The van der Waals surface area contributed by atoms with Gasteiger partial charge in [-0.3, -0.25) is 10.1 Å². The van der Waals surface area contributed by atoms with Gasteiger partial charge >= 0.3 is 6.03 Å². The smallest absolute Gasteiger partial charge is 0.319 e. The molecule has 0 aromatic heterocycles. The molecule has 0 radical (unpaired) electrons. The number of hydrogen-bond donors (Lipinski definition) is 3. The largest absolute Gasteiger partial charge is 0.371 e. The second-order valence-electron chi connectivity index (χ2n) is 9.02. The van der Waals surface area contributed by atoms with Crippen molar-refractivity contribution in [1.29, 1.82) is 0 Å².